The normalized spacial score (nSPS) is 25.5. The van der Waals surface area contributed by atoms with Gasteiger partial charge in [-0.1, -0.05) is 0 Å². The average molecular weight is 481 g/mol. The Bertz CT molecular complexity index is 1400. The minimum absolute atomic E-state index is 0.00859. The molecule has 4 aliphatic carbocycles. The molecule has 4 saturated carbocycles. The minimum Gasteiger partial charge on any atom is -0.481 e. The quantitative estimate of drug-likeness (QED) is 0.468. The molecule has 2 atom stereocenters. The molecule has 7 rings (SSSR count). The maximum atomic E-state index is 15.8. The van der Waals surface area contributed by atoms with E-state index in [9.17, 15) is 23.9 Å². The molecule has 7 nitrogen and oxygen atoms in total. The van der Waals surface area contributed by atoms with Crippen LogP contribution in [0.15, 0.2) is 12.1 Å². The van der Waals surface area contributed by atoms with Crippen LogP contribution in [0.2, 0.25) is 0 Å². The predicted molar refractivity (Wildman–Crippen MR) is 120 cm³/mol. The molecule has 35 heavy (non-hydrogen) atoms. The molecule has 4 aliphatic rings. The lowest BCUT2D eigenvalue weighted by Gasteiger charge is -2.47. The molecule has 0 spiro atoms. The molecule has 2 bridgehead atoms. The Morgan fingerprint density at radius 1 is 1.11 bits per heavy atom. The Labute approximate surface area is 198 Å². The molecule has 4 fully saturated rings. The Hall–Kier alpha value is -3.61. The third kappa shape index (κ3) is 3.44. The van der Waals surface area contributed by atoms with Crippen molar-refractivity contribution in [2.75, 3.05) is 5.32 Å². The zero-order chi connectivity index (χ0) is 24.4. The molecule has 0 saturated heterocycles. The van der Waals surface area contributed by atoms with E-state index >= 15 is 4.39 Å². The molecule has 2 unspecified atom stereocenters. The first kappa shape index (κ1) is 21.9. The third-order valence-electron chi connectivity index (χ3n) is 7.89. The zero-order valence-electron chi connectivity index (χ0n) is 18.6. The summed E-state index contributed by atoms with van der Waals surface area (Å²) in [4.78, 5) is 16.5. The van der Waals surface area contributed by atoms with Crippen LogP contribution in [0.25, 0.3) is 22.3 Å². The number of nitriles is 1. The number of hydrogen-bond donors (Lipinski definition) is 3. The van der Waals surface area contributed by atoms with Crippen LogP contribution in [0.4, 0.5) is 19.0 Å². The van der Waals surface area contributed by atoms with Crippen LogP contribution in [0.3, 0.4) is 0 Å². The van der Waals surface area contributed by atoms with Crippen molar-refractivity contribution in [1.82, 2.24) is 15.2 Å². The van der Waals surface area contributed by atoms with Crippen LogP contribution in [-0.2, 0) is 4.79 Å². The highest BCUT2D eigenvalue weighted by atomic mass is 19.1. The van der Waals surface area contributed by atoms with Gasteiger partial charge in [0.1, 0.15) is 23.1 Å². The summed E-state index contributed by atoms with van der Waals surface area (Å²) in [7, 11) is 0. The first-order chi connectivity index (χ1) is 16.9. The highest BCUT2D eigenvalue weighted by molar-refractivity contribution is 5.94. The number of carboxylic acid groups (broad SMARTS) is 1. The SMILES string of the molecule is N#Cc1c(-c2[nH]nc3c(F)cc(F)cc23)nc(NC2C3CCC(CC3)C2C(=O)O)c(F)c1C1CC1. The molecule has 3 N–H and O–H groups in total. The molecule has 3 aromatic rings. The largest absolute Gasteiger partial charge is 0.481 e. The molecule has 0 radical (unpaired) electrons. The number of hydrogen-bond acceptors (Lipinski definition) is 5. The summed E-state index contributed by atoms with van der Waals surface area (Å²) in [6, 6.07) is 3.34. The van der Waals surface area contributed by atoms with Crippen LogP contribution in [0, 0.1) is 46.5 Å². The van der Waals surface area contributed by atoms with E-state index < -0.39 is 35.4 Å². The van der Waals surface area contributed by atoms with E-state index in [1.54, 1.807) is 0 Å². The number of H-pyrrole nitrogens is 1. The maximum absolute atomic E-state index is 15.8. The summed E-state index contributed by atoms with van der Waals surface area (Å²) in [5.74, 6) is -4.16. The maximum Gasteiger partial charge on any atom is 0.308 e. The van der Waals surface area contributed by atoms with E-state index in [1.807, 2.05) is 6.07 Å². The molecule has 2 heterocycles. The van der Waals surface area contributed by atoms with Crippen molar-refractivity contribution in [2.24, 2.45) is 17.8 Å². The zero-order valence-corrected chi connectivity index (χ0v) is 18.6. The van der Waals surface area contributed by atoms with E-state index in [0.29, 0.717) is 18.9 Å². The predicted octanol–water partition coefficient (Wildman–Crippen LogP) is 5.09. The minimum atomic E-state index is -0.917. The molecular weight excluding hydrogens is 459 g/mol. The first-order valence-electron chi connectivity index (χ1n) is 11.8. The first-order valence-corrected chi connectivity index (χ1v) is 11.8. The van der Waals surface area contributed by atoms with E-state index in [4.69, 9.17) is 0 Å². The summed E-state index contributed by atoms with van der Waals surface area (Å²) < 4.78 is 44.2. The second-order valence-electron chi connectivity index (χ2n) is 9.89. The lowest BCUT2D eigenvalue weighted by molar-refractivity contribution is -0.148. The van der Waals surface area contributed by atoms with Gasteiger partial charge in [-0.05, 0) is 62.3 Å². The van der Waals surface area contributed by atoms with E-state index in [0.717, 1.165) is 31.7 Å². The van der Waals surface area contributed by atoms with Gasteiger partial charge in [0.25, 0.3) is 0 Å². The Balaban J connectivity index is 1.52. The summed E-state index contributed by atoms with van der Waals surface area (Å²) in [6.45, 7) is 0. The Morgan fingerprint density at radius 3 is 2.49 bits per heavy atom. The van der Waals surface area contributed by atoms with Crippen LogP contribution >= 0.6 is 0 Å². The molecule has 180 valence electrons. The number of aromatic amines is 1. The number of nitrogens with zero attached hydrogens (tertiary/aromatic N) is 3. The van der Waals surface area contributed by atoms with Gasteiger partial charge in [0, 0.05) is 23.1 Å². The highest BCUT2D eigenvalue weighted by Gasteiger charge is 2.48. The number of pyridine rings is 1. The fourth-order valence-corrected chi connectivity index (χ4v) is 6.12. The number of benzene rings is 1. The number of carboxylic acids is 1. The monoisotopic (exact) mass is 481 g/mol. The molecule has 10 heteroatoms. The second-order valence-corrected chi connectivity index (χ2v) is 9.89. The Kier molecular flexibility index (Phi) is 4.99. The molecule has 1 aromatic carbocycles. The van der Waals surface area contributed by atoms with Gasteiger partial charge in [0.15, 0.2) is 17.5 Å². The number of halogens is 3. The van der Waals surface area contributed by atoms with Crippen LogP contribution in [0.5, 0.6) is 0 Å². The van der Waals surface area contributed by atoms with Gasteiger partial charge in [0.2, 0.25) is 0 Å². The van der Waals surface area contributed by atoms with Gasteiger partial charge < -0.3 is 10.4 Å². The van der Waals surface area contributed by atoms with Crippen LogP contribution in [-0.4, -0.2) is 32.3 Å². The van der Waals surface area contributed by atoms with E-state index in [1.165, 1.54) is 0 Å². The number of fused-ring (bicyclic) bond motifs is 4. The van der Waals surface area contributed by atoms with Gasteiger partial charge in [-0.25, -0.2) is 18.2 Å². The van der Waals surface area contributed by atoms with E-state index in [2.05, 4.69) is 20.5 Å². The second kappa shape index (κ2) is 7.97. The number of anilines is 1. The summed E-state index contributed by atoms with van der Waals surface area (Å²) in [6.07, 6.45) is 4.78. The highest BCUT2D eigenvalue weighted by Crippen LogP contribution is 2.49. The smallest absolute Gasteiger partial charge is 0.308 e. The van der Waals surface area contributed by atoms with E-state index in [-0.39, 0.29) is 57.0 Å². The van der Waals surface area contributed by atoms with Crippen molar-refractivity contribution in [2.45, 2.75) is 50.5 Å². The molecule has 0 aliphatic heterocycles. The number of aliphatic carboxylic acids is 1. The van der Waals surface area contributed by atoms with Crippen molar-refractivity contribution >= 4 is 22.7 Å². The summed E-state index contributed by atoms with van der Waals surface area (Å²) >= 11 is 0. The van der Waals surface area contributed by atoms with Gasteiger partial charge >= 0.3 is 5.97 Å². The third-order valence-corrected chi connectivity index (χ3v) is 7.89. The van der Waals surface area contributed by atoms with Crippen LogP contribution in [0.1, 0.15) is 55.6 Å². The van der Waals surface area contributed by atoms with Gasteiger partial charge in [-0.2, -0.15) is 10.4 Å². The number of rotatable bonds is 5. The number of aromatic nitrogens is 3. The number of carbonyl (C=O) groups is 1. The summed E-state index contributed by atoms with van der Waals surface area (Å²) in [5.41, 5.74) is 0.228. The molecule has 0 amide bonds. The topological polar surface area (TPSA) is 115 Å². The molecular formula is C25H22F3N5O2. The van der Waals surface area contributed by atoms with Gasteiger partial charge in [0.05, 0.1) is 17.2 Å². The number of nitrogens with one attached hydrogen (secondary N) is 2. The lowest BCUT2D eigenvalue weighted by Crippen LogP contribution is -2.51. The van der Waals surface area contributed by atoms with Crippen molar-refractivity contribution in [3.63, 3.8) is 0 Å². The summed E-state index contributed by atoms with van der Waals surface area (Å²) in [5, 5.41) is 29.6. The van der Waals surface area contributed by atoms with Crippen molar-refractivity contribution in [3.05, 3.63) is 40.7 Å². The average Bonchev–Trinajstić information content (AvgIpc) is 3.59. The van der Waals surface area contributed by atoms with Crippen molar-refractivity contribution in [3.8, 4) is 17.5 Å². The fraction of sp³-hybridized carbons (Fsp3) is 0.440. The standard InChI is InChI=1S/C25H22F3N5O2/c26-13-7-14-21(16(27)8-13)32-33-23(14)22-15(9-29)17(10-1-2-10)19(28)24(31-22)30-20-12-5-3-11(4-6-12)18(20)25(34)35/h7-8,10-12,18,20H,1-6H2,(H,30,31)(H,32,33)(H,34,35). The Morgan fingerprint density at radius 2 is 1.83 bits per heavy atom. The lowest BCUT2D eigenvalue weighted by atomic mass is 9.61. The fourth-order valence-electron chi connectivity index (χ4n) is 6.12. The van der Waals surface area contributed by atoms with Gasteiger partial charge in [-0.15, -0.1) is 0 Å². The van der Waals surface area contributed by atoms with Crippen LogP contribution < -0.4 is 5.32 Å². The molecule has 2 aromatic heterocycles. The van der Waals surface area contributed by atoms with Crippen molar-refractivity contribution < 1.29 is 23.1 Å². The van der Waals surface area contributed by atoms with Gasteiger partial charge in [-0.3, -0.25) is 9.89 Å². The van der Waals surface area contributed by atoms with Crippen molar-refractivity contribution in [1.29, 1.82) is 5.26 Å².